The predicted molar refractivity (Wildman–Crippen MR) is 99.7 cm³/mol. The van der Waals surface area contributed by atoms with Gasteiger partial charge in [0.15, 0.2) is 11.3 Å². The third-order valence-electron chi connectivity index (χ3n) is 3.28. The summed E-state index contributed by atoms with van der Waals surface area (Å²) >= 11 is 0. The van der Waals surface area contributed by atoms with E-state index < -0.39 is 45.8 Å². The zero-order valence-corrected chi connectivity index (χ0v) is 17.4. The maximum Gasteiger partial charge on any atom is 0.408 e. The van der Waals surface area contributed by atoms with Crippen LogP contribution in [0.3, 0.4) is 0 Å². The van der Waals surface area contributed by atoms with Gasteiger partial charge in [0.05, 0.1) is 11.7 Å². The summed E-state index contributed by atoms with van der Waals surface area (Å²) in [5.74, 6) is -1.15. The number of alkyl carbamates (subject to hydrolysis) is 1. The van der Waals surface area contributed by atoms with E-state index in [1.165, 1.54) is 6.92 Å². The van der Waals surface area contributed by atoms with Gasteiger partial charge in [0.2, 0.25) is 5.43 Å². The molecule has 0 aliphatic rings. The van der Waals surface area contributed by atoms with Gasteiger partial charge in [0.25, 0.3) is 5.43 Å². The van der Waals surface area contributed by atoms with E-state index in [2.05, 4.69) is 5.32 Å². The summed E-state index contributed by atoms with van der Waals surface area (Å²) in [6.45, 7) is 14.5. The van der Waals surface area contributed by atoms with Crippen LogP contribution in [0.15, 0.2) is 9.59 Å². The van der Waals surface area contributed by atoms with Gasteiger partial charge in [-0.05, 0) is 62.3 Å². The number of amides is 1. The van der Waals surface area contributed by atoms with Gasteiger partial charge in [-0.3, -0.25) is 9.59 Å². The second-order valence-corrected chi connectivity index (χ2v) is 8.78. The van der Waals surface area contributed by atoms with E-state index >= 15 is 0 Å². The first kappa shape index (κ1) is 22.7. The van der Waals surface area contributed by atoms with Gasteiger partial charge in [-0.1, -0.05) is 0 Å². The average molecular weight is 383 g/mol. The van der Waals surface area contributed by atoms with Crippen molar-refractivity contribution in [2.24, 2.45) is 0 Å². The zero-order chi connectivity index (χ0) is 21.4. The highest BCUT2D eigenvalue weighted by atomic mass is 16.6. The van der Waals surface area contributed by atoms with Gasteiger partial charge in [0.1, 0.15) is 11.2 Å². The Morgan fingerprint density at radius 2 is 1.33 bits per heavy atom. The third kappa shape index (κ3) is 5.55. The number of hydrogen-bond acceptors (Lipinski definition) is 7. The van der Waals surface area contributed by atoms with Crippen LogP contribution in [0.1, 0.15) is 67.9 Å². The molecule has 0 heterocycles. The largest absolute Gasteiger partial charge is 0.486 e. The molecule has 1 aromatic carbocycles. The predicted octanol–water partition coefficient (Wildman–Crippen LogP) is 2.15. The molecule has 1 atom stereocenters. The van der Waals surface area contributed by atoms with E-state index in [1.54, 1.807) is 55.4 Å². The lowest BCUT2D eigenvalue weighted by Gasteiger charge is -2.34. The average Bonchev–Trinajstić information content (AvgIpc) is 2.41. The Balaban J connectivity index is 3.42. The Morgan fingerprint density at radius 3 is 1.74 bits per heavy atom. The number of esters is 1. The molecule has 0 aliphatic carbocycles. The molecule has 1 unspecified atom stereocenters. The summed E-state index contributed by atoms with van der Waals surface area (Å²) in [7, 11) is 0. The SMILES string of the molecule is CC(C)Oc1c(C(C)(NC(=O)OC(C)(C)C)C(=O)OC(C)(C)C)c(=O)c1=O. The van der Waals surface area contributed by atoms with E-state index in [1.807, 2.05) is 0 Å². The molecule has 0 bridgehead atoms. The molecule has 0 saturated heterocycles. The lowest BCUT2D eigenvalue weighted by molar-refractivity contribution is -0.163. The molecule has 152 valence electrons. The number of carbonyl (C=O) groups is 2. The summed E-state index contributed by atoms with van der Waals surface area (Å²) < 4.78 is 16.0. The molecule has 0 radical (unpaired) electrons. The Morgan fingerprint density at radius 1 is 0.852 bits per heavy atom. The fourth-order valence-corrected chi connectivity index (χ4v) is 2.28. The van der Waals surface area contributed by atoms with Crippen molar-refractivity contribution >= 4 is 12.1 Å². The molecular weight excluding hydrogens is 354 g/mol. The summed E-state index contributed by atoms with van der Waals surface area (Å²) in [5.41, 5.74) is -5.66. The molecular formula is C19H29NO7. The topological polar surface area (TPSA) is 108 Å². The standard InChI is InChI=1S/C19H29NO7/c1-10(2)25-14-11(12(21)13(14)22)19(9,15(23)26-17(3,4)5)20-16(24)27-18(6,7)8/h10H,1-9H3,(H,20,24). The molecule has 0 aromatic heterocycles. The lowest BCUT2D eigenvalue weighted by Crippen LogP contribution is -2.59. The van der Waals surface area contributed by atoms with Crippen molar-refractivity contribution in [3.63, 3.8) is 0 Å². The lowest BCUT2D eigenvalue weighted by atomic mass is 9.87. The maximum atomic E-state index is 12.9. The van der Waals surface area contributed by atoms with Gasteiger partial charge in [-0.2, -0.15) is 0 Å². The molecule has 27 heavy (non-hydrogen) atoms. The number of hydrogen-bond donors (Lipinski definition) is 1. The highest BCUT2D eigenvalue weighted by Crippen LogP contribution is 2.30. The monoisotopic (exact) mass is 383 g/mol. The molecule has 0 spiro atoms. The van der Waals surface area contributed by atoms with Crippen molar-refractivity contribution < 1.29 is 23.8 Å². The Labute approximate surface area is 158 Å². The van der Waals surface area contributed by atoms with E-state index in [0.29, 0.717) is 0 Å². The number of ether oxygens (including phenoxy) is 3. The molecule has 1 aromatic rings. The molecule has 1 rings (SSSR count). The molecule has 0 fully saturated rings. The van der Waals surface area contributed by atoms with Gasteiger partial charge < -0.3 is 19.5 Å². The van der Waals surface area contributed by atoms with Crippen LogP contribution in [-0.2, 0) is 19.8 Å². The van der Waals surface area contributed by atoms with Crippen LogP contribution < -0.4 is 20.9 Å². The highest BCUT2D eigenvalue weighted by molar-refractivity contribution is 5.88. The zero-order valence-electron chi connectivity index (χ0n) is 17.4. The van der Waals surface area contributed by atoms with Crippen molar-refractivity contribution in [1.29, 1.82) is 0 Å². The summed E-state index contributed by atoms with van der Waals surface area (Å²) in [6.07, 6.45) is -1.34. The van der Waals surface area contributed by atoms with Crippen LogP contribution in [0.25, 0.3) is 0 Å². The van der Waals surface area contributed by atoms with E-state index in [-0.39, 0.29) is 11.3 Å². The second-order valence-electron chi connectivity index (χ2n) is 8.78. The minimum absolute atomic E-state index is 0.249. The smallest absolute Gasteiger partial charge is 0.408 e. The number of nitrogens with one attached hydrogen (secondary N) is 1. The van der Waals surface area contributed by atoms with Crippen molar-refractivity contribution in [2.45, 2.75) is 85.2 Å². The second kappa shape index (κ2) is 7.32. The molecule has 8 heteroatoms. The summed E-state index contributed by atoms with van der Waals surface area (Å²) in [5, 5.41) is 2.38. The van der Waals surface area contributed by atoms with Crippen LogP contribution in [0, 0.1) is 0 Å². The van der Waals surface area contributed by atoms with E-state index in [0.717, 1.165) is 0 Å². The fourth-order valence-electron chi connectivity index (χ4n) is 2.28. The van der Waals surface area contributed by atoms with Gasteiger partial charge >= 0.3 is 12.1 Å². The van der Waals surface area contributed by atoms with Gasteiger partial charge in [0, 0.05) is 0 Å². The van der Waals surface area contributed by atoms with Crippen LogP contribution in [-0.4, -0.2) is 29.4 Å². The minimum Gasteiger partial charge on any atom is -0.486 e. The van der Waals surface area contributed by atoms with Crippen molar-refractivity contribution in [3.8, 4) is 5.75 Å². The minimum atomic E-state index is -1.94. The summed E-state index contributed by atoms with van der Waals surface area (Å²) in [6, 6.07) is 0. The Hall–Kier alpha value is -2.38. The molecule has 1 amide bonds. The van der Waals surface area contributed by atoms with Crippen molar-refractivity contribution in [1.82, 2.24) is 5.32 Å². The quantitative estimate of drug-likeness (QED) is 0.613. The van der Waals surface area contributed by atoms with Crippen LogP contribution >= 0.6 is 0 Å². The van der Waals surface area contributed by atoms with Crippen molar-refractivity contribution in [2.75, 3.05) is 0 Å². The van der Waals surface area contributed by atoms with Crippen LogP contribution in [0.4, 0.5) is 4.79 Å². The third-order valence-corrected chi connectivity index (χ3v) is 3.28. The Bertz CT molecular complexity index is 788. The molecule has 1 N–H and O–H groups in total. The van der Waals surface area contributed by atoms with E-state index in [9.17, 15) is 19.2 Å². The molecule has 0 aliphatic heterocycles. The first-order valence-electron chi connectivity index (χ1n) is 8.73. The highest BCUT2D eigenvalue weighted by Gasteiger charge is 2.49. The van der Waals surface area contributed by atoms with Crippen molar-refractivity contribution in [3.05, 3.63) is 26.0 Å². The maximum absolute atomic E-state index is 12.9. The first-order valence-corrected chi connectivity index (χ1v) is 8.73. The van der Waals surface area contributed by atoms with Crippen LogP contribution in [0.2, 0.25) is 0 Å². The van der Waals surface area contributed by atoms with E-state index in [4.69, 9.17) is 14.2 Å². The normalized spacial score (nSPS) is 14.6. The summed E-state index contributed by atoms with van der Waals surface area (Å²) in [4.78, 5) is 49.4. The molecule has 0 saturated carbocycles. The number of carbonyl (C=O) groups excluding carboxylic acids is 2. The Kier molecular flexibility index (Phi) is 6.15. The van der Waals surface area contributed by atoms with Crippen LogP contribution in [0.5, 0.6) is 5.75 Å². The first-order chi connectivity index (χ1) is 12.0. The van der Waals surface area contributed by atoms with Gasteiger partial charge in [-0.15, -0.1) is 0 Å². The number of rotatable bonds is 5. The fraction of sp³-hybridized carbons (Fsp3) is 0.684. The van der Waals surface area contributed by atoms with Gasteiger partial charge in [-0.25, -0.2) is 9.59 Å². The molecule has 8 nitrogen and oxygen atoms in total.